The minimum Gasteiger partial charge on any atom is -0.392 e. The summed E-state index contributed by atoms with van der Waals surface area (Å²) in [6, 6.07) is 4.40. The maximum absolute atomic E-state index is 13.5. The quantitative estimate of drug-likeness (QED) is 0.754. The number of benzene rings is 1. The van der Waals surface area contributed by atoms with Gasteiger partial charge in [-0.3, -0.25) is 4.79 Å². The molecule has 0 aliphatic carbocycles. The first-order chi connectivity index (χ1) is 9.06. The van der Waals surface area contributed by atoms with Gasteiger partial charge in [-0.1, -0.05) is 15.9 Å². The summed E-state index contributed by atoms with van der Waals surface area (Å²) in [5, 5.41) is 15.0. The van der Waals surface area contributed by atoms with Crippen LogP contribution in [0.3, 0.4) is 0 Å². The van der Waals surface area contributed by atoms with Crippen LogP contribution in [0.1, 0.15) is 12.0 Å². The largest absolute Gasteiger partial charge is 0.392 e. The van der Waals surface area contributed by atoms with E-state index in [1.807, 2.05) is 0 Å². The van der Waals surface area contributed by atoms with E-state index in [-0.39, 0.29) is 30.2 Å². The molecule has 1 saturated heterocycles. The Morgan fingerprint density at radius 1 is 1.55 bits per heavy atom. The first kappa shape index (κ1) is 17.4. The summed E-state index contributed by atoms with van der Waals surface area (Å²) in [5.74, 6) is -0.418. The van der Waals surface area contributed by atoms with E-state index in [9.17, 15) is 14.3 Å². The number of β-amino-alcohol motifs (C(OH)–C–C–N with tert-alkyl or cyclic N) is 1. The molecule has 2 atom stereocenters. The molecule has 4 nitrogen and oxygen atoms in total. The van der Waals surface area contributed by atoms with Crippen molar-refractivity contribution in [1.82, 2.24) is 10.6 Å². The van der Waals surface area contributed by atoms with Gasteiger partial charge in [0.05, 0.1) is 12.1 Å². The third-order valence-corrected chi connectivity index (χ3v) is 3.62. The van der Waals surface area contributed by atoms with E-state index in [0.29, 0.717) is 31.5 Å². The molecule has 1 aromatic carbocycles. The van der Waals surface area contributed by atoms with Gasteiger partial charge < -0.3 is 15.7 Å². The highest BCUT2D eigenvalue weighted by atomic mass is 79.9. The van der Waals surface area contributed by atoms with Gasteiger partial charge in [0.1, 0.15) is 5.82 Å². The third kappa shape index (κ3) is 4.70. The lowest BCUT2D eigenvalue weighted by molar-refractivity contribution is -0.122. The van der Waals surface area contributed by atoms with Crippen LogP contribution in [0.15, 0.2) is 22.7 Å². The lowest BCUT2D eigenvalue weighted by Crippen LogP contribution is -2.41. The molecule has 2 rings (SSSR count). The van der Waals surface area contributed by atoms with Crippen LogP contribution < -0.4 is 10.6 Å². The van der Waals surface area contributed by atoms with Crippen LogP contribution in [0, 0.1) is 5.82 Å². The van der Waals surface area contributed by atoms with Gasteiger partial charge in [0, 0.05) is 17.6 Å². The van der Waals surface area contributed by atoms with Crippen molar-refractivity contribution in [3.63, 3.8) is 0 Å². The van der Waals surface area contributed by atoms with Crippen molar-refractivity contribution in [1.29, 1.82) is 0 Å². The molecule has 1 aliphatic rings. The van der Waals surface area contributed by atoms with Crippen LogP contribution in [0.5, 0.6) is 0 Å². The topological polar surface area (TPSA) is 61.4 Å². The molecule has 2 unspecified atom stereocenters. The van der Waals surface area contributed by atoms with Crippen molar-refractivity contribution in [3.05, 3.63) is 34.1 Å². The number of amides is 1. The van der Waals surface area contributed by atoms with E-state index in [1.165, 1.54) is 6.07 Å². The molecule has 7 heteroatoms. The molecule has 1 aliphatic heterocycles. The summed E-state index contributed by atoms with van der Waals surface area (Å²) >= 11 is 3.29. The minimum atomic E-state index is -0.460. The second-order valence-electron chi connectivity index (χ2n) is 4.63. The fourth-order valence-electron chi connectivity index (χ4n) is 2.10. The Hall–Kier alpha value is -0.690. The lowest BCUT2D eigenvalue weighted by Gasteiger charge is -2.11. The Kier molecular flexibility index (Phi) is 6.88. The van der Waals surface area contributed by atoms with Gasteiger partial charge in [-0.2, -0.15) is 0 Å². The Morgan fingerprint density at radius 2 is 2.30 bits per heavy atom. The van der Waals surface area contributed by atoms with E-state index in [2.05, 4.69) is 26.6 Å². The normalized spacial score (nSPS) is 21.4. The lowest BCUT2D eigenvalue weighted by atomic mass is 10.1. The summed E-state index contributed by atoms with van der Waals surface area (Å²) in [4.78, 5) is 11.7. The number of aliphatic hydroxyl groups is 1. The van der Waals surface area contributed by atoms with E-state index >= 15 is 0 Å². The Morgan fingerprint density at radius 3 is 2.95 bits per heavy atom. The molecule has 1 heterocycles. The van der Waals surface area contributed by atoms with Crippen LogP contribution in [-0.4, -0.2) is 36.2 Å². The van der Waals surface area contributed by atoms with Crippen molar-refractivity contribution >= 4 is 34.2 Å². The molecule has 1 amide bonds. The number of rotatable bonds is 4. The molecule has 20 heavy (non-hydrogen) atoms. The van der Waals surface area contributed by atoms with Crippen LogP contribution in [0.4, 0.5) is 4.39 Å². The molecule has 0 spiro atoms. The second-order valence-corrected chi connectivity index (χ2v) is 5.54. The highest BCUT2D eigenvalue weighted by Crippen LogP contribution is 2.15. The predicted octanol–water partition coefficient (Wildman–Crippen LogP) is 1.39. The molecule has 112 valence electrons. The number of halogens is 3. The van der Waals surface area contributed by atoms with E-state index in [0.717, 1.165) is 4.47 Å². The van der Waals surface area contributed by atoms with Crippen molar-refractivity contribution in [2.24, 2.45) is 0 Å². The monoisotopic (exact) mass is 366 g/mol. The number of hydrogen-bond donors (Lipinski definition) is 3. The van der Waals surface area contributed by atoms with Crippen LogP contribution >= 0.6 is 28.3 Å². The predicted molar refractivity (Wildman–Crippen MR) is 80.5 cm³/mol. The zero-order valence-electron chi connectivity index (χ0n) is 10.7. The molecular formula is C13H17BrClFN2O2. The first-order valence-electron chi connectivity index (χ1n) is 6.19. The Balaban J connectivity index is 0.00000200. The van der Waals surface area contributed by atoms with Crippen LogP contribution in [-0.2, 0) is 11.2 Å². The van der Waals surface area contributed by atoms with E-state index < -0.39 is 6.10 Å². The average molecular weight is 368 g/mol. The number of hydrogen-bond acceptors (Lipinski definition) is 3. The molecule has 1 aromatic rings. The maximum atomic E-state index is 13.5. The smallest absolute Gasteiger partial charge is 0.237 e. The average Bonchev–Trinajstić information content (AvgIpc) is 2.80. The van der Waals surface area contributed by atoms with Gasteiger partial charge in [0.15, 0.2) is 0 Å². The van der Waals surface area contributed by atoms with Gasteiger partial charge in [-0.05, 0) is 36.6 Å². The molecule has 1 fully saturated rings. The standard InChI is InChI=1S/C13H16BrFN2O2.ClH/c14-9-1-2-11(15)8(5-9)3-4-16-13(19)12-6-10(18)7-17-12;/h1-2,5,10,12,17-18H,3-4,6-7H2,(H,16,19);1H. The maximum Gasteiger partial charge on any atom is 0.237 e. The zero-order chi connectivity index (χ0) is 13.8. The molecule has 0 saturated carbocycles. The van der Waals surface area contributed by atoms with Crippen LogP contribution in [0.25, 0.3) is 0 Å². The van der Waals surface area contributed by atoms with Gasteiger partial charge in [0.2, 0.25) is 5.91 Å². The molecule has 3 N–H and O–H groups in total. The Labute approximate surface area is 131 Å². The summed E-state index contributed by atoms with van der Waals surface area (Å²) in [6.07, 6.45) is 0.405. The molecular weight excluding hydrogens is 351 g/mol. The van der Waals surface area contributed by atoms with Crippen molar-refractivity contribution in [3.8, 4) is 0 Å². The summed E-state index contributed by atoms with van der Waals surface area (Å²) in [7, 11) is 0. The van der Waals surface area contributed by atoms with Gasteiger partial charge in [-0.15, -0.1) is 12.4 Å². The number of carbonyl (C=O) groups is 1. The van der Waals surface area contributed by atoms with E-state index in [4.69, 9.17) is 0 Å². The summed E-state index contributed by atoms with van der Waals surface area (Å²) in [6.45, 7) is 0.818. The number of aliphatic hydroxyl groups excluding tert-OH is 1. The molecule has 0 aromatic heterocycles. The molecule has 0 bridgehead atoms. The first-order valence-corrected chi connectivity index (χ1v) is 6.98. The third-order valence-electron chi connectivity index (χ3n) is 3.13. The minimum absolute atomic E-state index is 0. The SMILES string of the molecule is Cl.O=C(NCCc1cc(Br)ccc1F)C1CC(O)CN1. The van der Waals surface area contributed by atoms with Crippen molar-refractivity contribution in [2.75, 3.05) is 13.1 Å². The fraction of sp³-hybridized carbons (Fsp3) is 0.462. The highest BCUT2D eigenvalue weighted by Gasteiger charge is 2.27. The fourth-order valence-corrected chi connectivity index (χ4v) is 2.50. The number of carbonyl (C=O) groups excluding carboxylic acids is 1. The van der Waals surface area contributed by atoms with Crippen molar-refractivity contribution in [2.45, 2.75) is 25.0 Å². The van der Waals surface area contributed by atoms with Crippen molar-refractivity contribution < 1.29 is 14.3 Å². The summed E-state index contributed by atoms with van der Waals surface area (Å²) in [5.41, 5.74) is 0.564. The van der Waals surface area contributed by atoms with Crippen LogP contribution in [0.2, 0.25) is 0 Å². The van der Waals surface area contributed by atoms with E-state index in [1.54, 1.807) is 12.1 Å². The second kappa shape index (κ2) is 7.93. The summed E-state index contributed by atoms with van der Waals surface area (Å²) < 4.78 is 14.3. The zero-order valence-corrected chi connectivity index (χ0v) is 13.1. The Bertz CT molecular complexity index is 476. The van der Waals surface area contributed by atoms with Gasteiger partial charge in [0.25, 0.3) is 0 Å². The van der Waals surface area contributed by atoms with Gasteiger partial charge >= 0.3 is 0 Å². The number of nitrogens with one attached hydrogen (secondary N) is 2. The highest BCUT2D eigenvalue weighted by molar-refractivity contribution is 9.10. The molecule has 0 radical (unpaired) electrons. The van der Waals surface area contributed by atoms with Gasteiger partial charge in [-0.25, -0.2) is 4.39 Å².